The summed E-state index contributed by atoms with van der Waals surface area (Å²) in [6.07, 6.45) is -1.14. The molecule has 1 aromatic heterocycles. The molecule has 122 valence electrons. The molecular formula is C15H17N3O5. The van der Waals surface area contributed by atoms with Crippen molar-refractivity contribution in [1.82, 2.24) is 9.97 Å². The summed E-state index contributed by atoms with van der Waals surface area (Å²) in [7, 11) is 4.38. The molecule has 2 rings (SSSR count). The van der Waals surface area contributed by atoms with Gasteiger partial charge >= 0.3 is 6.09 Å². The number of carboxylic acid groups (broad SMARTS) is 1. The minimum atomic E-state index is -1.14. The Kier molecular flexibility index (Phi) is 5.32. The van der Waals surface area contributed by atoms with E-state index in [1.165, 1.54) is 27.4 Å². The minimum absolute atomic E-state index is 0.118. The Morgan fingerprint density at radius 2 is 1.74 bits per heavy atom. The van der Waals surface area contributed by atoms with Crippen LogP contribution in [-0.4, -0.2) is 49.2 Å². The average Bonchev–Trinajstić information content (AvgIpc) is 2.58. The molecule has 0 unspecified atom stereocenters. The predicted molar refractivity (Wildman–Crippen MR) is 83.0 cm³/mol. The number of rotatable bonds is 6. The molecule has 1 aromatic carbocycles. The maximum absolute atomic E-state index is 11.5. The first-order valence-electron chi connectivity index (χ1n) is 6.66. The quantitative estimate of drug-likeness (QED) is 0.816. The molecule has 8 nitrogen and oxygen atoms in total. The number of para-hydroxylation sites is 1. The second kappa shape index (κ2) is 7.41. The van der Waals surface area contributed by atoms with E-state index in [9.17, 15) is 9.90 Å². The number of methoxy groups -OCH3 is 3. The minimum Gasteiger partial charge on any atom is -0.481 e. The Labute approximate surface area is 133 Å². The van der Waals surface area contributed by atoms with Gasteiger partial charge in [-0.25, -0.2) is 4.79 Å². The Balaban J connectivity index is 2.58. The fourth-order valence-corrected chi connectivity index (χ4v) is 1.99. The molecule has 1 heterocycles. The fraction of sp³-hybridized carbons (Fsp3) is 0.267. The van der Waals surface area contributed by atoms with Crippen molar-refractivity contribution in [3.8, 4) is 23.1 Å². The Bertz CT molecular complexity index is 670. The first kappa shape index (κ1) is 16.5. The highest BCUT2D eigenvalue weighted by Gasteiger charge is 2.20. The van der Waals surface area contributed by atoms with Gasteiger partial charge in [-0.15, -0.1) is 0 Å². The molecule has 0 aliphatic rings. The van der Waals surface area contributed by atoms with E-state index in [2.05, 4.69) is 9.97 Å². The maximum Gasteiger partial charge on any atom is 0.413 e. The molecule has 0 atom stereocenters. The van der Waals surface area contributed by atoms with Gasteiger partial charge in [-0.1, -0.05) is 12.1 Å². The third-order valence-corrected chi connectivity index (χ3v) is 3.02. The smallest absolute Gasteiger partial charge is 0.413 e. The monoisotopic (exact) mass is 319 g/mol. The molecular weight excluding hydrogens is 302 g/mol. The standard InChI is InChI=1S/C15H17N3O5/c1-21-9-18(15(19)20)11-7-5-4-6-10(11)14-16-12(22-2)8-13(17-14)23-3/h4-8H,9H2,1-3H3,(H,19,20). The molecule has 23 heavy (non-hydrogen) atoms. The van der Waals surface area contributed by atoms with Crippen LogP contribution in [0.15, 0.2) is 30.3 Å². The summed E-state index contributed by atoms with van der Waals surface area (Å²) in [5, 5.41) is 9.39. The SMILES string of the molecule is COCN(C(=O)O)c1ccccc1-c1nc(OC)cc(OC)n1. The lowest BCUT2D eigenvalue weighted by Crippen LogP contribution is -2.31. The molecule has 0 radical (unpaired) electrons. The summed E-state index contributed by atoms with van der Waals surface area (Å²) in [4.78, 5) is 21.1. The molecule has 0 saturated carbocycles. The van der Waals surface area contributed by atoms with Crippen molar-refractivity contribution >= 4 is 11.8 Å². The summed E-state index contributed by atoms with van der Waals surface area (Å²) < 4.78 is 15.2. The lowest BCUT2D eigenvalue weighted by molar-refractivity contribution is 0.168. The van der Waals surface area contributed by atoms with Crippen molar-refractivity contribution in [2.24, 2.45) is 0 Å². The molecule has 8 heteroatoms. The van der Waals surface area contributed by atoms with Crippen molar-refractivity contribution in [2.75, 3.05) is 33.0 Å². The highest BCUT2D eigenvalue weighted by molar-refractivity contribution is 5.91. The van der Waals surface area contributed by atoms with Crippen LogP contribution in [0.25, 0.3) is 11.4 Å². The van der Waals surface area contributed by atoms with Gasteiger partial charge in [0.1, 0.15) is 6.73 Å². The zero-order chi connectivity index (χ0) is 16.8. The third kappa shape index (κ3) is 3.67. The van der Waals surface area contributed by atoms with Gasteiger partial charge in [0.2, 0.25) is 11.8 Å². The van der Waals surface area contributed by atoms with Crippen molar-refractivity contribution in [3.05, 3.63) is 30.3 Å². The van der Waals surface area contributed by atoms with Crippen LogP contribution in [0.4, 0.5) is 10.5 Å². The highest BCUT2D eigenvalue weighted by atomic mass is 16.5. The van der Waals surface area contributed by atoms with Crippen LogP contribution in [-0.2, 0) is 4.74 Å². The fourth-order valence-electron chi connectivity index (χ4n) is 1.99. The van der Waals surface area contributed by atoms with Gasteiger partial charge in [-0.3, -0.25) is 4.90 Å². The normalized spacial score (nSPS) is 10.2. The van der Waals surface area contributed by atoms with E-state index in [0.29, 0.717) is 28.8 Å². The van der Waals surface area contributed by atoms with Gasteiger partial charge in [0.25, 0.3) is 0 Å². The molecule has 0 fully saturated rings. The number of ether oxygens (including phenoxy) is 3. The van der Waals surface area contributed by atoms with Crippen molar-refractivity contribution < 1.29 is 24.1 Å². The number of carbonyl (C=O) groups is 1. The van der Waals surface area contributed by atoms with Gasteiger partial charge < -0.3 is 19.3 Å². The van der Waals surface area contributed by atoms with Crippen LogP contribution in [0.2, 0.25) is 0 Å². The lowest BCUT2D eigenvalue weighted by Gasteiger charge is -2.21. The molecule has 1 N–H and O–H groups in total. The Morgan fingerprint density at radius 1 is 1.13 bits per heavy atom. The van der Waals surface area contributed by atoms with E-state index in [1.54, 1.807) is 24.3 Å². The van der Waals surface area contributed by atoms with Gasteiger partial charge in [0, 0.05) is 12.7 Å². The van der Waals surface area contributed by atoms with E-state index >= 15 is 0 Å². The molecule has 0 spiro atoms. The molecule has 2 aromatic rings. The molecule has 0 saturated heterocycles. The van der Waals surface area contributed by atoms with E-state index in [4.69, 9.17) is 14.2 Å². The van der Waals surface area contributed by atoms with Crippen LogP contribution < -0.4 is 14.4 Å². The van der Waals surface area contributed by atoms with Crippen molar-refractivity contribution in [1.29, 1.82) is 0 Å². The van der Waals surface area contributed by atoms with Crippen LogP contribution in [0.3, 0.4) is 0 Å². The number of hydrogen-bond acceptors (Lipinski definition) is 6. The molecule has 1 amide bonds. The summed E-state index contributed by atoms with van der Waals surface area (Å²) in [5.74, 6) is 0.921. The number of anilines is 1. The second-order valence-corrected chi connectivity index (χ2v) is 4.42. The summed E-state index contributed by atoms with van der Waals surface area (Å²) in [6, 6.07) is 8.39. The van der Waals surface area contributed by atoms with Crippen LogP contribution in [0, 0.1) is 0 Å². The lowest BCUT2D eigenvalue weighted by atomic mass is 10.1. The molecule has 0 aliphatic heterocycles. The van der Waals surface area contributed by atoms with E-state index in [-0.39, 0.29) is 6.73 Å². The van der Waals surface area contributed by atoms with E-state index < -0.39 is 6.09 Å². The topological polar surface area (TPSA) is 94.0 Å². The number of benzene rings is 1. The molecule has 0 aliphatic carbocycles. The van der Waals surface area contributed by atoms with Crippen LogP contribution in [0.1, 0.15) is 0 Å². The predicted octanol–water partition coefficient (Wildman–Crippen LogP) is 2.25. The van der Waals surface area contributed by atoms with Crippen molar-refractivity contribution in [3.63, 3.8) is 0 Å². The van der Waals surface area contributed by atoms with E-state index in [0.717, 1.165) is 4.90 Å². The summed E-state index contributed by atoms with van der Waals surface area (Å²) in [5.41, 5.74) is 0.918. The Hall–Kier alpha value is -2.87. The number of nitrogens with zero attached hydrogens (tertiary/aromatic N) is 3. The van der Waals surface area contributed by atoms with Gasteiger partial charge in [-0.2, -0.15) is 9.97 Å². The van der Waals surface area contributed by atoms with Gasteiger partial charge in [-0.05, 0) is 12.1 Å². The summed E-state index contributed by atoms with van der Waals surface area (Å²) in [6.45, 7) is -0.118. The zero-order valence-corrected chi connectivity index (χ0v) is 13.0. The second-order valence-electron chi connectivity index (χ2n) is 4.42. The third-order valence-electron chi connectivity index (χ3n) is 3.02. The first-order chi connectivity index (χ1) is 11.1. The highest BCUT2D eigenvalue weighted by Crippen LogP contribution is 2.31. The maximum atomic E-state index is 11.5. The first-order valence-corrected chi connectivity index (χ1v) is 6.66. The van der Waals surface area contributed by atoms with Crippen molar-refractivity contribution in [2.45, 2.75) is 0 Å². The van der Waals surface area contributed by atoms with Gasteiger partial charge in [0.05, 0.1) is 26.0 Å². The Morgan fingerprint density at radius 3 is 2.26 bits per heavy atom. The zero-order valence-electron chi connectivity index (χ0n) is 13.0. The number of amides is 1. The van der Waals surface area contributed by atoms with Crippen LogP contribution in [0.5, 0.6) is 11.8 Å². The van der Waals surface area contributed by atoms with E-state index in [1.807, 2.05) is 0 Å². The number of hydrogen-bond donors (Lipinski definition) is 1. The van der Waals surface area contributed by atoms with Gasteiger partial charge in [0.15, 0.2) is 5.82 Å². The molecule has 0 bridgehead atoms. The number of aromatic nitrogens is 2. The average molecular weight is 319 g/mol. The van der Waals surface area contributed by atoms with Crippen LogP contribution >= 0.6 is 0 Å². The largest absolute Gasteiger partial charge is 0.481 e. The summed E-state index contributed by atoms with van der Waals surface area (Å²) >= 11 is 0.